The normalized spacial score (nSPS) is 23.4. The predicted octanol–water partition coefficient (Wildman–Crippen LogP) is 2.01. The minimum atomic E-state index is -0.518. The van der Waals surface area contributed by atoms with Crippen LogP contribution in [0, 0.1) is 0 Å². The largest absolute Gasteiger partial charge is 0.444 e. The maximum absolute atomic E-state index is 12.4. The molecular formula is C14H24N2O3. The second kappa shape index (κ2) is 5.02. The molecule has 0 aromatic rings. The van der Waals surface area contributed by atoms with Crippen molar-refractivity contribution < 1.29 is 14.3 Å². The van der Waals surface area contributed by atoms with Gasteiger partial charge in [-0.25, -0.2) is 4.79 Å². The topological polar surface area (TPSA) is 49.9 Å². The van der Waals surface area contributed by atoms with E-state index >= 15 is 0 Å². The molecule has 0 aromatic carbocycles. The summed E-state index contributed by atoms with van der Waals surface area (Å²) in [5.74, 6) is 0.0610. The minimum absolute atomic E-state index is 0.0610. The van der Waals surface area contributed by atoms with Crippen molar-refractivity contribution in [1.82, 2.24) is 9.80 Å². The Labute approximate surface area is 114 Å². The average Bonchev–Trinajstić information content (AvgIpc) is 3.02. The van der Waals surface area contributed by atoms with E-state index < -0.39 is 5.60 Å². The van der Waals surface area contributed by atoms with Gasteiger partial charge in [-0.3, -0.25) is 9.69 Å². The standard InChI is InChI=1S/C14H24N2O3/c1-14(2,3)19-13(18)16-9-5-6-11(16)12(17)15(4)10-7-8-10/h10-11H,5-9H2,1-4H3. The first-order chi connectivity index (χ1) is 8.79. The summed E-state index contributed by atoms with van der Waals surface area (Å²) in [6.45, 7) is 6.14. The summed E-state index contributed by atoms with van der Waals surface area (Å²) in [5.41, 5.74) is -0.518. The van der Waals surface area contributed by atoms with E-state index in [9.17, 15) is 9.59 Å². The number of rotatable bonds is 2. The maximum Gasteiger partial charge on any atom is 0.410 e. The van der Waals surface area contributed by atoms with Crippen molar-refractivity contribution in [1.29, 1.82) is 0 Å². The van der Waals surface area contributed by atoms with E-state index in [0.717, 1.165) is 25.7 Å². The van der Waals surface area contributed by atoms with Crippen molar-refractivity contribution in [2.45, 2.75) is 64.1 Å². The Kier molecular flexibility index (Phi) is 3.74. The van der Waals surface area contributed by atoms with Gasteiger partial charge in [0.15, 0.2) is 0 Å². The lowest BCUT2D eigenvalue weighted by atomic mass is 10.2. The molecule has 1 saturated heterocycles. The Morgan fingerprint density at radius 1 is 1.21 bits per heavy atom. The van der Waals surface area contributed by atoms with Gasteiger partial charge in [0.25, 0.3) is 0 Å². The lowest BCUT2D eigenvalue weighted by Gasteiger charge is -2.30. The van der Waals surface area contributed by atoms with E-state index in [1.165, 1.54) is 0 Å². The van der Waals surface area contributed by atoms with Crippen molar-refractivity contribution in [2.75, 3.05) is 13.6 Å². The van der Waals surface area contributed by atoms with Crippen LogP contribution in [0.5, 0.6) is 0 Å². The van der Waals surface area contributed by atoms with E-state index in [2.05, 4.69) is 0 Å². The molecule has 2 aliphatic rings. The number of hydrogen-bond acceptors (Lipinski definition) is 3. The van der Waals surface area contributed by atoms with Crippen molar-refractivity contribution in [2.24, 2.45) is 0 Å². The maximum atomic E-state index is 12.4. The fourth-order valence-electron chi connectivity index (χ4n) is 2.44. The van der Waals surface area contributed by atoms with Crippen LogP contribution in [0.2, 0.25) is 0 Å². The molecule has 1 atom stereocenters. The van der Waals surface area contributed by atoms with Crippen molar-refractivity contribution in [3.63, 3.8) is 0 Å². The smallest absolute Gasteiger partial charge is 0.410 e. The summed E-state index contributed by atoms with van der Waals surface area (Å²) >= 11 is 0. The first kappa shape index (κ1) is 14.2. The van der Waals surface area contributed by atoms with Gasteiger partial charge in [-0.1, -0.05) is 0 Å². The molecule has 108 valence electrons. The van der Waals surface area contributed by atoms with Gasteiger partial charge in [0, 0.05) is 19.6 Å². The van der Waals surface area contributed by atoms with Crippen LogP contribution < -0.4 is 0 Å². The highest BCUT2D eigenvalue weighted by atomic mass is 16.6. The van der Waals surface area contributed by atoms with E-state index in [0.29, 0.717) is 12.6 Å². The molecule has 1 unspecified atom stereocenters. The SMILES string of the molecule is CN(C(=O)C1CCCN1C(=O)OC(C)(C)C)C1CC1. The first-order valence-electron chi connectivity index (χ1n) is 7.06. The highest BCUT2D eigenvalue weighted by Gasteiger charge is 2.40. The van der Waals surface area contributed by atoms with E-state index in [4.69, 9.17) is 4.74 Å². The molecule has 5 heteroatoms. The minimum Gasteiger partial charge on any atom is -0.444 e. The third-order valence-corrected chi connectivity index (χ3v) is 3.61. The van der Waals surface area contributed by atoms with Crippen LogP contribution >= 0.6 is 0 Å². The molecule has 0 radical (unpaired) electrons. The summed E-state index contributed by atoms with van der Waals surface area (Å²) in [4.78, 5) is 27.9. The summed E-state index contributed by atoms with van der Waals surface area (Å²) in [6, 6.07) is 0.0500. The molecular weight excluding hydrogens is 244 g/mol. The summed E-state index contributed by atoms with van der Waals surface area (Å²) in [7, 11) is 1.84. The van der Waals surface area contributed by atoms with Crippen LogP contribution in [0.3, 0.4) is 0 Å². The van der Waals surface area contributed by atoms with Gasteiger partial charge >= 0.3 is 6.09 Å². The summed E-state index contributed by atoms with van der Waals surface area (Å²) < 4.78 is 5.37. The van der Waals surface area contributed by atoms with Crippen LogP contribution in [0.4, 0.5) is 4.79 Å². The highest BCUT2D eigenvalue weighted by molar-refractivity contribution is 5.86. The van der Waals surface area contributed by atoms with Gasteiger partial charge in [-0.15, -0.1) is 0 Å². The number of likely N-dealkylation sites (N-methyl/N-ethyl adjacent to an activating group) is 1. The first-order valence-corrected chi connectivity index (χ1v) is 7.06. The van der Waals surface area contributed by atoms with E-state index in [-0.39, 0.29) is 18.0 Å². The molecule has 0 spiro atoms. The lowest BCUT2D eigenvalue weighted by Crippen LogP contribution is -2.48. The fourth-order valence-corrected chi connectivity index (χ4v) is 2.44. The zero-order valence-electron chi connectivity index (χ0n) is 12.3. The Morgan fingerprint density at radius 2 is 1.84 bits per heavy atom. The summed E-state index contributed by atoms with van der Waals surface area (Å²) in [6.07, 6.45) is 3.42. The number of hydrogen-bond donors (Lipinski definition) is 0. The highest BCUT2D eigenvalue weighted by Crippen LogP contribution is 2.29. The van der Waals surface area contributed by atoms with Gasteiger partial charge in [-0.2, -0.15) is 0 Å². The van der Waals surface area contributed by atoms with Gasteiger partial charge in [0.05, 0.1) is 0 Å². The van der Waals surface area contributed by atoms with Gasteiger partial charge in [-0.05, 0) is 46.5 Å². The lowest BCUT2D eigenvalue weighted by molar-refractivity contribution is -0.135. The number of ether oxygens (including phenoxy) is 1. The van der Waals surface area contributed by atoms with Crippen LogP contribution in [0.25, 0.3) is 0 Å². The molecule has 0 bridgehead atoms. The number of nitrogens with zero attached hydrogens (tertiary/aromatic N) is 2. The Balaban J connectivity index is 1.99. The van der Waals surface area contributed by atoms with Crippen LogP contribution in [-0.4, -0.2) is 53.1 Å². The molecule has 1 aliphatic heterocycles. The molecule has 5 nitrogen and oxygen atoms in total. The van der Waals surface area contributed by atoms with Crippen molar-refractivity contribution in [3.05, 3.63) is 0 Å². The molecule has 1 saturated carbocycles. The van der Waals surface area contributed by atoms with E-state index in [1.807, 2.05) is 27.8 Å². The van der Waals surface area contributed by atoms with Gasteiger partial charge < -0.3 is 9.64 Å². The second-order valence-electron chi connectivity index (χ2n) is 6.51. The zero-order valence-corrected chi connectivity index (χ0v) is 12.3. The Bertz CT molecular complexity index is 371. The molecule has 1 heterocycles. The van der Waals surface area contributed by atoms with Crippen molar-refractivity contribution in [3.8, 4) is 0 Å². The number of amides is 2. The molecule has 2 rings (SSSR count). The molecule has 2 amide bonds. The average molecular weight is 268 g/mol. The molecule has 2 fully saturated rings. The third-order valence-electron chi connectivity index (χ3n) is 3.61. The third kappa shape index (κ3) is 3.39. The predicted molar refractivity (Wildman–Crippen MR) is 71.8 cm³/mol. The van der Waals surface area contributed by atoms with Crippen LogP contribution in [-0.2, 0) is 9.53 Å². The monoisotopic (exact) mass is 268 g/mol. The zero-order chi connectivity index (χ0) is 14.2. The van der Waals surface area contributed by atoms with Crippen LogP contribution in [0.1, 0.15) is 46.5 Å². The van der Waals surface area contributed by atoms with Gasteiger partial charge in [0.1, 0.15) is 11.6 Å². The molecule has 0 N–H and O–H groups in total. The molecule has 0 aromatic heterocycles. The number of carbonyl (C=O) groups excluding carboxylic acids is 2. The second-order valence-corrected chi connectivity index (χ2v) is 6.51. The molecule has 1 aliphatic carbocycles. The van der Waals surface area contributed by atoms with E-state index in [1.54, 1.807) is 9.80 Å². The Hall–Kier alpha value is -1.26. The van der Waals surface area contributed by atoms with Gasteiger partial charge in [0.2, 0.25) is 5.91 Å². The van der Waals surface area contributed by atoms with Crippen LogP contribution in [0.15, 0.2) is 0 Å². The fraction of sp³-hybridized carbons (Fsp3) is 0.857. The summed E-state index contributed by atoms with van der Waals surface area (Å²) in [5, 5.41) is 0. The number of carbonyl (C=O) groups is 2. The number of likely N-dealkylation sites (tertiary alicyclic amines) is 1. The molecule has 19 heavy (non-hydrogen) atoms. The quantitative estimate of drug-likeness (QED) is 0.769. The van der Waals surface area contributed by atoms with Crippen molar-refractivity contribution >= 4 is 12.0 Å². The Morgan fingerprint density at radius 3 is 2.37 bits per heavy atom.